The summed E-state index contributed by atoms with van der Waals surface area (Å²) in [5.41, 5.74) is 0.959. The molecule has 2 heterocycles. The fraction of sp³-hybridized carbons (Fsp3) is 0.269. The minimum Gasteiger partial charge on any atom is -0.395 e. The molecule has 0 aliphatic rings. The number of carbonyl (C=O) groups is 1. The molecule has 0 unspecified atom stereocenters. The number of hydrogen-bond acceptors (Lipinski definition) is 7. The molecule has 9 nitrogen and oxygen atoms in total. The molecular formula is C26H27FN4O5S. The Balaban J connectivity index is 1.83. The molecule has 194 valence electrons. The van der Waals surface area contributed by atoms with Crippen molar-refractivity contribution in [1.82, 2.24) is 18.8 Å². The second kappa shape index (κ2) is 9.66. The van der Waals surface area contributed by atoms with Crippen LogP contribution in [0.5, 0.6) is 0 Å². The summed E-state index contributed by atoms with van der Waals surface area (Å²) in [4.78, 5) is 22.9. The van der Waals surface area contributed by atoms with Gasteiger partial charge in [-0.2, -0.15) is 0 Å². The number of likely N-dealkylation sites (N-methyl/N-ethyl adjacent to an activating group) is 1. The van der Waals surface area contributed by atoms with Crippen LogP contribution in [0, 0.1) is 5.82 Å². The number of rotatable bonds is 7. The molecule has 0 saturated carbocycles. The lowest BCUT2D eigenvalue weighted by Gasteiger charge is -2.19. The van der Waals surface area contributed by atoms with Crippen LogP contribution < -0.4 is 0 Å². The quantitative estimate of drug-likeness (QED) is 0.379. The Labute approximate surface area is 213 Å². The lowest BCUT2D eigenvalue weighted by Crippen LogP contribution is -2.29. The van der Waals surface area contributed by atoms with Gasteiger partial charge in [0.1, 0.15) is 5.82 Å². The molecule has 4 aromatic rings. The van der Waals surface area contributed by atoms with Crippen molar-refractivity contribution in [2.24, 2.45) is 0 Å². The SMILES string of the molecule is CN(CCO)C(=O)c1ccc2c(c1)c(-c1ncc(-c3cc(C(C)(C)O)ccc3F)cn1)cn2S(C)(=O)=O. The monoisotopic (exact) mass is 526 g/mol. The van der Waals surface area contributed by atoms with Crippen molar-refractivity contribution in [3.05, 3.63) is 71.9 Å². The molecule has 2 N–H and O–H groups in total. The first kappa shape index (κ1) is 26.4. The third-order valence-electron chi connectivity index (χ3n) is 6.03. The van der Waals surface area contributed by atoms with E-state index in [-0.39, 0.29) is 30.4 Å². The van der Waals surface area contributed by atoms with Crippen LogP contribution in [0.25, 0.3) is 33.4 Å². The third-order valence-corrected chi connectivity index (χ3v) is 7.05. The zero-order valence-electron chi connectivity index (χ0n) is 20.8. The van der Waals surface area contributed by atoms with Gasteiger partial charge in [0.05, 0.1) is 24.0 Å². The fourth-order valence-corrected chi connectivity index (χ4v) is 4.80. The first-order valence-corrected chi connectivity index (χ1v) is 13.2. The van der Waals surface area contributed by atoms with Crippen molar-refractivity contribution in [3.8, 4) is 22.5 Å². The minimum atomic E-state index is -3.69. The number of halogens is 1. The molecular weight excluding hydrogens is 499 g/mol. The van der Waals surface area contributed by atoms with E-state index in [1.165, 1.54) is 53.8 Å². The third kappa shape index (κ3) is 5.24. The van der Waals surface area contributed by atoms with Crippen LogP contribution in [-0.4, -0.2) is 69.8 Å². The van der Waals surface area contributed by atoms with Crippen molar-refractivity contribution in [3.63, 3.8) is 0 Å². The van der Waals surface area contributed by atoms with Crippen LogP contribution in [-0.2, 0) is 15.6 Å². The Hall–Kier alpha value is -3.67. The number of carbonyl (C=O) groups excluding carboxylic acids is 1. The molecule has 4 rings (SSSR count). The Bertz CT molecular complexity index is 1590. The Morgan fingerprint density at radius 3 is 2.38 bits per heavy atom. The molecule has 0 bridgehead atoms. The first-order chi connectivity index (χ1) is 17.3. The van der Waals surface area contributed by atoms with E-state index in [1.807, 2.05) is 0 Å². The zero-order chi connectivity index (χ0) is 27.1. The predicted molar refractivity (Wildman–Crippen MR) is 138 cm³/mol. The molecule has 0 atom stereocenters. The van der Waals surface area contributed by atoms with Crippen LogP contribution in [0.15, 0.2) is 55.0 Å². The van der Waals surface area contributed by atoms with Crippen LogP contribution >= 0.6 is 0 Å². The van der Waals surface area contributed by atoms with Gasteiger partial charge in [-0.25, -0.2) is 26.7 Å². The molecule has 11 heteroatoms. The largest absolute Gasteiger partial charge is 0.395 e. The number of aliphatic hydroxyl groups is 2. The summed E-state index contributed by atoms with van der Waals surface area (Å²) in [5, 5.41) is 19.9. The van der Waals surface area contributed by atoms with Gasteiger partial charge in [0, 0.05) is 59.8 Å². The van der Waals surface area contributed by atoms with E-state index in [2.05, 4.69) is 9.97 Å². The van der Waals surface area contributed by atoms with E-state index in [0.29, 0.717) is 33.2 Å². The normalized spacial score (nSPS) is 12.2. The number of hydrogen-bond donors (Lipinski definition) is 2. The molecule has 2 aromatic heterocycles. The van der Waals surface area contributed by atoms with E-state index in [1.54, 1.807) is 27.0 Å². The van der Waals surface area contributed by atoms with Crippen molar-refractivity contribution in [1.29, 1.82) is 0 Å². The molecule has 2 aromatic carbocycles. The lowest BCUT2D eigenvalue weighted by molar-refractivity contribution is 0.0765. The standard InChI is InChI=1S/C26H27FN4O5S/c1-26(2,34)18-6-7-22(27)19(12-18)17-13-28-24(29-14-17)21-15-31(37(4,35)36)23-8-5-16(11-20(21)23)25(33)30(3)9-10-32/h5-8,11-15,32,34H,9-10H2,1-4H3. The van der Waals surface area contributed by atoms with Gasteiger partial charge < -0.3 is 15.1 Å². The van der Waals surface area contributed by atoms with Crippen molar-refractivity contribution >= 4 is 26.8 Å². The summed E-state index contributed by atoms with van der Waals surface area (Å²) in [6, 6.07) is 8.92. The maximum absolute atomic E-state index is 14.6. The molecule has 0 spiro atoms. The van der Waals surface area contributed by atoms with Crippen molar-refractivity contribution in [2.45, 2.75) is 19.4 Å². The summed E-state index contributed by atoms with van der Waals surface area (Å²) in [6.07, 6.45) is 5.29. The summed E-state index contributed by atoms with van der Waals surface area (Å²) < 4.78 is 40.6. The number of aromatic nitrogens is 3. The topological polar surface area (TPSA) is 126 Å². The number of amides is 1. The van der Waals surface area contributed by atoms with E-state index < -0.39 is 21.4 Å². The molecule has 37 heavy (non-hydrogen) atoms. The van der Waals surface area contributed by atoms with Gasteiger partial charge in [-0.05, 0) is 49.7 Å². The second-order valence-corrected chi connectivity index (χ2v) is 11.2. The fourth-order valence-electron chi connectivity index (χ4n) is 3.99. The average Bonchev–Trinajstić information content (AvgIpc) is 3.23. The van der Waals surface area contributed by atoms with Crippen LogP contribution in [0.3, 0.4) is 0 Å². The van der Waals surface area contributed by atoms with Crippen LogP contribution in [0.1, 0.15) is 29.8 Å². The van der Waals surface area contributed by atoms with Gasteiger partial charge in [-0.3, -0.25) is 4.79 Å². The average molecular weight is 527 g/mol. The highest BCUT2D eigenvalue weighted by atomic mass is 32.2. The van der Waals surface area contributed by atoms with E-state index >= 15 is 0 Å². The van der Waals surface area contributed by atoms with Gasteiger partial charge in [-0.1, -0.05) is 6.07 Å². The highest BCUT2D eigenvalue weighted by Crippen LogP contribution is 2.32. The molecule has 0 saturated heterocycles. The lowest BCUT2D eigenvalue weighted by atomic mass is 9.95. The summed E-state index contributed by atoms with van der Waals surface area (Å²) in [6.45, 7) is 3.15. The summed E-state index contributed by atoms with van der Waals surface area (Å²) in [7, 11) is -2.14. The Kier molecular flexibility index (Phi) is 6.89. The Morgan fingerprint density at radius 1 is 1.11 bits per heavy atom. The van der Waals surface area contributed by atoms with Gasteiger partial charge in [0.25, 0.3) is 5.91 Å². The van der Waals surface area contributed by atoms with E-state index in [4.69, 9.17) is 5.11 Å². The van der Waals surface area contributed by atoms with E-state index in [9.17, 15) is 22.7 Å². The van der Waals surface area contributed by atoms with Gasteiger partial charge >= 0.3 is 0 Å². The summed E-state index contributed by atoms with van der Waals surface area (Å²) >= 11 is 0. The van der Waals surface area contributed by atoms with Gasteiger partial charge in [0.2, 0.25) is 10.0 Å². The first-order valence-electron chi connectivity index (χ1n) is 11.4. The van der Waals surface area contributed by atoms with Crippen LogP contribution in [0.4, 0.5) is 4.39 Å². The number of benzene rings is 2. The van der Waals surface area contributed by atoms with E-state index in [0.717, 1.165) is 10.2 Å². The predicted octanol–water partition coefficient (Wildman–Crippen LogP) is 3.00. The minimum absolute atomic E-state index is 0.143. The molecule has 0 fully saturated rings. The molecule has 1 amide bonds. The highest BCUT2D eigenvalue weighted by Gasteiger charge is 2.22. The van der Waals surface area contributed by atoms with Crippen molar-refractivity contribution < 1.29 is 27.8 Å². The number of fused-ring (bicyclic) bond motifs is 1. The molecule has 0 radical (unpaired) electrons. The maximum atomic E-state index is 14.6. The second-order valence-electron chi connectivity index (χ2n) is 9.33. The Morgan fingerprint density at radius 2 is 1.78 bits per heavy atom. The number of nitrogens with zero attached hydrogens (tertiary/aromatic N) is 4. The molecule has 0 aliphatic heterocycles. The van der Waals surface area contributed by atoms with Gasteiger partial charge in [0.15, 0.2) is 5.82 Å². The smallest absolute Gasteiger partial charge is 0.253 e. The summed E-state index contributed by atoms with van der Waals surface area (Å²) in [5.74, 6) is -0.663. The van der Waals surface area contributed by atoms with Gasteiger partial charge in [-0.15, -0.1) is 0 Å². The molecule has 0 aliphatic carbocycles. The highest BCUT2D eigenvalue weighted by molar-refractivity contribution is 7.89. The zero-order valence-corrected chi connectivity index (χ0v) is 21.6. The maximum Gasteiger partial charge on any atom is 0.253 e. The number of aliphatic hydroxyl groups excluding tert-OH is 1. The van der Waals surface area contributed by atoms with Crippen LogP contribution in [0.2, 0.25) is 0 Å². The van der Waals surface area contributed by atoms with Crippen molar-refractivity contribution in [2.75, 3.05) is 26.5 Å².